The number of ether oxygens (including phenoxy) is 3. The highest BCUT2D eigenvalue weighted by molar-refractivity contribution is 7.89. The van der Waals surface area contributed by atoms with Crippen LogP contribution in [-0.4, -0.2) is 160 Å². The molecule has 0 aliphatic carbocycles. The van der Waals surface area contributed by atoms with Gasteiger partial charge in [-0.25, -0.2) is 16.8 Å². The summed E-state index contributed by atoms with van der Waals surface area (Å²) in [4.78, 5) is 37.8. The maximum absolute atomic E-state index is 13.0. The Morgan fingerprint density at radius 1 is 0.667 bits per heavy atom. The third-order valence-electron chi connectivity index (χ3n) is 12.8. The highest BCUT2D eigenvalue weighted by atomic mass is 32.2. The molecular formula is C53H82N8O9S2. The highest BCUT2D eigenvalue weighted by Crippen LogP contribution is 2.27. The molecule has 2 fully saturated rings. The van der Waals surface area contributed by atoms with Gasteiger partial charge in [-0.3, -0.25) is 19.6 Å². The predicted octanol–water partition coefficient (Wildman–Crippen LogP) is 6.55. The molecule has 6 rings (SSSR count). The Hall–Kier alpha value is -5.02. The van der Waals surface area contributed by atoms with Crippen molar-refractivity contribution in [3.8, 4) is 0 Å². The third kappa shape index (κ3) is 18.5. The van der Waals surface area contributed by atoms with Gasteiger partial charge in [0.2, 0.25) is 26.0 Å². The van der Waals surface area contributed by atoms with E-state index in [1.165, 1.54) is 53.0 Å². The van der Waals surface area contributed by atoms with Crippen LogP contribution in [0.2, 0.25) is 0 Å². The maximum Gasteiger partial charge on any atom is 0.295 e. The molecule has 19 heteroatoms. The lowest BCUT2D eigenvalue weighted by Gasteiger charge is -2.35. The number of carbonyl (C=O) groups excluding carboxylic acids is 2. The monoisotopic (exact) mass is 1040 g/mol. The summed E-state index contributed by atoms with van der Waals surface area (Å²) in [5.74, 6) is 1.23. The van der Waals surface area contributed by atoms with Gasteiger partial charge in [-0.05, 0) is 139 Å². The van der Waals surface area contributed by atoms with Crippen molar-refractivity contribution < 1.29 is 40.6 Å². The lowest BCUT2D eigenvalue weighted by Crippen LogP contribution is -2.40. The van der Waals surface area contributed by atoms with E-state index in [1.54, 1.807) is 32.8 Å². The number of nitrogens with one attached hydrogen (secondary N) is 1. The van der Waals surface area contributed by atoms with E-state index in [4.69, 9.17) is 9.47 Å². The van der Waals surface area contributed by atoms with Gasteiger partial charge in [-0.15, -0.1) is 0 Å². The van der Waals surface area contributed by atoms with Crippen molar-refractivity contribution in [2.75, 3.05) is 117 Å². The van der Waals surface area contributed by atoms with Crippen LogP contribution in [0.3, 0.4) is 0 Å². The predicted molar refractivity (Wildman–Crippen MR) is 286 cm³/mol. The first-order chi connectivity index (χ1) is 33.8. The second-order valence-corrected chi connectivity index (χ2v) is 22.5. The fourth-order valence-electron chi connectivity index (χ4n) is 9.15. The summed E-state index contributed by atoms with van der Waals surface area (Å²) in [5.41, 5.74) is 7.49. The fourth-order valence-corrected chi connectivity index (χ4v) is 12.3. The molecule has 72 heavy (non-hydrogen) atoms. The molecule has 17 nitrogen and oxygen atoms in total. The molecule has 2 aromatic carbocycles. The minimum absolute atomic E-state index is 0. The summed E-state index contributed by atoms with van der Waals surface area (Å²) in [7, 11) is -0.308. The zero-order valence-electron chi connectivity index (χ0n) is 43.6. The second kappa shape index (κ2) is 30.2. The van der Waals surface area contributed by atoms with Crippen LogP contribution in [0.15, 0.2) is 83.1 Å². The Labute approximate surface area is 431 Å². The molecule has 0 unspecified atom stereocenters. The summed E-state index contributed by atoms with van der Waals surface area (Å²) < 4.78 is 68.7. The number of pyridine rings is 2. The van der Waals surface area contributed by atoms with Gasteiger partial charge in [0.05, 0.1) is 23.0 Å². The minimum atomic E-state index is -3.63. The van der Waals surface area contributed by atoms with Crippen molar-refractivity contribution in [1.29, 1.82) is 0 Å². The Balaban J connectivity index is 0.000000313. The van der Waals surface area contributed by atoms with E-state index in [0.717, 1.165) is 71.8 Å². The van der Waals surface area contributed by atoms with Gasteiger partial charge in [0, 0.05) is 103 Å². The van der Waals surface area contributed by atoms with Crippen LogP contribution in [-0.2, 0) is 43.8 Å². The smallest absolute Gasteiger partial charge is 0.295 e. The average Bonchev–Trinajstić information content (AvgIpc) is 3.33. The van der Waals surface area contributed by atoms with Gasteiger partial charge < -0.3 is 34.2 Å². The Morgan fingerprint density at radius 3 is 1.44 bits per heavy atom. The van der Waals surface area contributed by atoms with Crippen molar-refractivity contribution in [2.24, 2.45) is 11.8 Å². The van der Waals surface area contributed by atoms with Crippen molar-refractivity contribution in [1.82, 2.24) is 28.8 Å². The molecule has 1 amide bonds. The van der Waals surface area contributed by atoms with Crippen molar-refractivity contribution in [3.63, 3.8) is 0 Å². The number of hydrogen-bond acceptors (Lipinski definition) is 14. The molecule has 0 radical (unpaired) electrons. The topological polar surface area (TPSA) is 184 Å². The zero-order chi connectivity index (χ0) is 52.1. The number of nitrogens with zero attached hydrogens (tertiary/aromatic N) is 7. The van der Waals surface area contributed by atoms with Gasteiger partial charge in [0.15, 0.2) is 6.79 Å². The molecule has 2 aliphatic heterocycles. The number of rotatable bonds is 21. The number of hydrogen-bond donors (Lipinski definition) is 1. The van der Waals surface area contributed by atoms with Gasteiger partial charge >= 0.3 is 0 Å². The molecule has 2 saturated heterocycles. The van der Waals surface area contributed by atoms with E-state index >= 15 is 0 Å². The molecule has 0 atom stereocenters. The van der Waals surface area contributed by atoms with Crippen LogP contribution in [0.1, 0.15) is 66.5 Å². The number of carbonyl (C=O) groups is 2. The number of aromatic nitrogens is 2. The second-order valence-electron chi connectivity index (χ2n) is 18.6. The van der Waals surface area contributed by atoms with E-state index in [9.17, 15) is 26.4 Å². The summed E-state index contributed by atoms with van der Waals surface area (Å²) in [6.07, 6.45) is 12.0. The summed E-state index contributed by atoms with van der Waals surface area (Å²) >= 11 is 0. The van der Waals surface area contributed by atoms with Gasteiger partial charge in [0.25, 0.3) is 6.47 Å². The van der Waals surface area contributed by atoms with Crippen LogP contribution in [0, 0.1) is 53.4 Å². The van der Waals surface area contributed by atoms with Gasteiger partial charge in [-0.1, -0.05) is 42.8 Å². The molecule has 0 bridgehead atoms. The van der Waals surface area contributed by atoms with E-state index in [0.29, 0.717) is 22.3 Å². The first kappa shape index (κ1) is 61.3. The number of benzene rings is 2. The number of likely N-dealkylation sites (N-methyl/N-ethyl adjacent to an activating group) is 3. The zero-order valence-corrected chi connectivity index (χ0v) is 45.2. The third-order valence-corrected chi connectivity index (χ3v) is 17.2. The standard InChI is InChI=1S/C26H38N4O4S.C14H21NO5S.C12H19N3.CH4/c1-20-16-21(2)26(22(3)17-20)35(32,33)29(5)14-15-34-19-25(31)28(4)18-23-8-12-30(13-9-23)24-6-10-27-11-7-24;1-11-7-12(2)14(13(3)8-11)21(17,18)15(4)5-6-19-10-20-9-16;1-13-10-11-4-8-15(9-5-11)12-2-6-14-7-3-12;/h6-7,10-11,16-17,23H,8-9,12-15,18-19H2,1-5H3;7-9H,5-6,10H2,1-4H3;2-3,6-7,11,13H,4-5,8-10H2,1H3;1H4. The normalized spacial score (nSPS) is 14.4. The van der Waals surface area contributed by atoms with Crippen LogP contribution >= 0.6 is 0 Å². The SMILES string of the molecule is C.CNCC1CCN(c2ccncc2)CC1.Cc1cc(C)c(S(=O)(=O)N(C)CCOCC(=O)N(C)CC2CCN(c3ccncc3)CC2)c(C)c1.Cc1cc(C)c(S(=O)(=O)N(C)CCOCOC=O)c(C)c1. The van der Waals surface area contributed by atoms with Crippen LogP contribution in [0.4, 0.5) is 11.4 Å². The molecule has 2 aromatic heterocycles. The van der Waals surface area contributed by atoms with Crippen LogP contribution < -0.4 is 15.1 Å². The van der Waals surface area contributed by atoms with Crippen molar-refractivity contribution in [2.45, 2.75) is 84.4 Å². The molecule has 2 aliphatic rings. The lowest BCUT2D eigenvalue weighted by atomic mass is 9.96. The summed E-state index contributed by atoms with van der Waals surface area (Å²) in [5, 5.41) is 3.26. The van der Waals surface area contributed by atoms with E-state index in [1.807, 2.05) is 95.9 Å². The molecule has 0 spiro atoms. The van der Waals surface area contributed by atoms with Crippen LogP contribution in [0.25, 0.3) is 0 Å². The Morgan fingerprint density at radius 2 is 1.06 bits per heavy atom. The summed E-state index contributed by atoms with van der Waals surface area (Å²) in [6.45, 7) is 17.9. The quantitative estimate of drug-likeness (QED) is 0.0538. The molecule has 1 N–H and O–H groups in total. The van der Waals surface area contributed by atoms with Crippen LogP contribution in [0.5, 0.6) is 0 Å². The number of amides is 1. The van der Waals surface area contributed by atoms with E-state index in [2.05, 4.69) is 42.0 Å². The average molecular weight is 1040 g/mol. The number of sulfonamides is 2. The Bertz CT molecular complexity index is 2440. The first-order valence-corrected chi connectivity index (χ1v) is 27.2. The molecular weight excluding hydrogens is 957 g/mol. The van der Waals surface area contributed by atoms with E-state index < -0.39 is 20.0 Å². The number of piperidine rings is 2. The minimum Gasteiger partial charge on any atom is -0.441 e. The highest BCUT2D eigenvalue weighted by Gasteiger charge is 2.27. The van der Waals surface area contributed by atoms with Gasteiger partial charge in [0.1, 0.15) is 6.61 Å². The molecule has 4 heterocycles. The number of anilines is 2. The van der Waals surface area contributed by atoms with Gasteiger partial charge in [-0.2, -0.15) is 8.61 Å². The maximum atomic E-state index is 13.0. The first-order valence-electron chi connectivity index (χ1n) is 24.3. The molecule has 4 aromatic rings. The van der Waals surface area contributed by atoms with E-state index in [-0.39, 0.29) is 59.5 Å². The molecule has 0 saturated carbocycles. The molecule has 400 valence electrons. The summed E-state index contributed by atoms with van der Waals surface area (Å²) in [6, 6.07) is 15.7. The fraction of sp³-hybridized carbons (Fsp3) is 0.547. The lowest BCUT2D eigenvalue weighted by molar-refractivity contribution is -0.140. The van der Waals surface area contributed by atoms with Crippen molar-refractivity contribution >= 4 is 43.8 Å². The number of aryl methyl sites for hydroxylation is 6. The Kier molecular flexibility index (Phi) is 25.7. The largest absolute Gasteiger partial charge is 0.441 e. The van der Waals surface area contributed by atoms with Crippen molar-refractivity contribution in [3.05, 3.63) is 107 Å².